The highest BCUT2D eigenvalue weighted by atomic mass is 16.3. The molecule has 2 N–H and O–H groups in total. The molecule has 5 rings (SSSR count). The number of hydrogen-bond donors (Lipinski definition) is 2. The first-order valence-electron chi connectivity index (χ1n) is 10.8. The van der Waals surface area contributed by atoms with E-state index < -0.39 is 5.60 Å². The lowest BCUT2D eigenvalue weighted by atomic mass is 9.53. The van der Waals surface area contributed by atoms with Crippen LogP contribution in [0.25, 0.3) is 0 Å². The van der Waals surface area contributed by atoms with E-state index in [4.69, 9.17) is 0 Å². The number of nitrogens with zero attached hydrogens (tertiary/aromatic N) is 1. The molecule has 4 aliphatic rings. The molecule has 0 bridgehead atoms. The van der Waals surface area contributed by atoms with Gasteiger partial charge in [0.1, 0.15) is 0 Å². The first kappa shape index (κ1) is 17.1. The van der Waals surface area contributed by atoms with E-state index in [9.17, 15) is 5.11 Å². The SMILES string of the molecule is C[C@]1(O)CC[C@H]2[C@@H]3CCc4ccc(N5CCNCC5)cc4[C@H]3CC[C@@]21C. The van der Waals surface area contributed by atoms with Gasteiger partial charge in [-0.25, -0.2) is 0 Å². The van der Waals surface area contributed by atoms with Gasteiger partial charge in [-0.05, 0) is 91.9 Å². The predicted molar refractivity (Wildman–Crippen MR) is 107 cm³/mol. The van der Waals surface area contributed by atoms with Gasteiger partial charge in [-0.3, -0.25) is 0 Å². The predicted octanol–water partition coefficient (Wildman–Crippen LogP) is 3.70. The first-order chi connectivity index (χ1) is 12.5. The number of anilines is 1. The summed E-state index contributed by atoms with van der Waals surface area (Å²) in [6.45, 7) is 8.92. The summed E-state index contributed by atoms with van der Waals surface area (Å²) in [5.41, 5.74) is 4.33. The van der Waals surface area contributed by atoms with Gasteiger partial charge >= 0.3 is 0 Å². The van der Waals surface area contributed by atoms with Crippen molar-refractivity contribution < 1.29 is 5.11 Å². The first-order valence-corrected chi connectivity index (χ1v) is 10.8. The van der Waals surface area contributed by atoms with Crippen LogP contribution in [-0.4, -0.2) is 36.9 Å². The number of nitrogens with one attached hydrogen (secondary N) is 1. The fraction of sp³-hybridized carbons (Fsp3) is 0.739. The highest BCUT2D eigenvalue weighted by molar-refractivity contribution is 5.53. The van der Waals surface area contributed by atoms with Crippen molar-refractivity contribution in [1.29, 1.82) is 0 Å². The summed E-state index contributed by atoms with van der Waals surface area (Å²) in [7, 11) is 0. The van der Waals surface area contributed by atoms with Crippen LogP contribution in [0.3, 0.4) is 0 Å². The Morgan fingerprint density at radius 3 is 2.69 bits per heavy atom. The maximum absolute atomic E-state index is 11.0. The molecule has 3 aliphatic carbocycles. The Morgan fingerprint density at radius 1 is 1.08 bits per heavy atom. The number of aryl methyl sites for hydroxylation is 1. The zero-order valence-corrected chi connectivity index (χ0v) is 16.4. The van der Waals surface area contributed by atoms with E-state index in [-0.39, 0.29) is 5.41 Å². The average Bonchev–Trinajstić information content (AvgIpc) is 2.91. The van der Waals surface area contributed by atoms with Crippen molar-refractivity contribution in [3.05, 3.63) is 29.3 Å². The number of fused-ring (bicyclic) bond motifs is 5. The summed E-state index contributed by atoms with van der Waals surface area (Å²) in [4.78, 5) is 2.55. The third-order valence-corrected chi connectivity index (χ3v) is 8.76. The fourth-order valence-electron chi connectivity index (χ4n) is 6.92. The highest BCUT2D eigenvalue weighted by Gasteiger charge is 2.59. The normalized spacial score (nSPS) is 42.1. The summed E-state index contributed by atoms with van der Waals surface area (Å²) in [6, 6.07) is 7.31. The third-order valence-electron chi connectivity index (χ3n) is 8.76. The summed E-state index contributed by atoms with van der Waals surface area (Å²) in [6.07, 6.45) is 7.20. The van der Waals surface area contributed by atoms with Gasteiger partial charge in [0.2, 0.25) is 0 Å². The molecule has 1 saturated heterocycles. The van der Waals surface area contributed by atoms with E-state index in [0.717, 1.165) is 38.5 Å². The number of aliphatic hydroxyl groups is 1. The Morgan fingerprint density at radius 2 is 1.88 bits per heavy atom. The van der Waals surface area contributed by atoms with Crippen LogP contribution in [0.4, 0.5) is 5.69 Å². The topological polar surface area (TPSA) is 35.5 Å². The summed E-state index contributed by atoms with van der Waals surface area (Å²) >= 11 is 0. The Balaban J connectivity index is 1.47. The molecule has 0 spiro atoms. The standard InChI is InChI=1S/C23H34N2O/c1-22-9-7-18-19(21(22)8-10-23(22,2)26)6-4-16-3-5-17(15-20(16)18)25-13-11-24-12-14-25/h3,5,15,18-19,21,24,26H,4,6-14H2,1-2H3/t18-,19+,21-,22-,23-/m0/s1. The third kappa shape index (κ3) is 2.39. The van der Waals surface area contributed by atoms with Crippen molar-refractivity contribution in [3.8, 4) is 0 Å². The van der Waals surface area contributed by atoms with Gasteiger partial charge in [-0.1, -0.05) is 13.0 Å². The van der Waals surface area contributed by atoms with Crippen molar-refractivity contribution in [2.45, 2.75) is 63.9 Å². The van der Waals surface area contributed by atoms with Crippen molar-refractivity contribution >= 4 is 5.69 Å². The van der Waals surface area contributed by atoms with Gasteiger partial charge in [-0.15, -0.1) is 0 Å². The average molecular weight is 355 g/mol. The van der Waals surface area contributed by atoms with E-state index in [1.807, 2.05) is 0 Å². The molecule has 142 valence electrons. The van der Waals surface area contributed by atoms with Gasteiger partial charge in [-0.2, -0.15) is 0 Å². The minimum Gasteiger partial charge on any atom is -0.390 e. The number of benzene rings is 1. The molecule has 0 amide bonds. The fourth-order valence-corrected chi connectivity index (χ4v) is 6.92. The Hall–Kier alpha value is -1.06. The molecule has 1 heterocycles. The summed E-state index contributed by atoms with van der Waals surface area (Å²) < 4.78 is 0. The molecule has 3 heteroatoms. The second-order valence-corrected chi connectivity index (χ2v) is 9.80. The molecule has 1 aliphatic heterocycles. The molecule has 26 heavy (non-hydrogen) atoms. The van der Waals surface area contributed by atoms with Crippen molar-refractivity contribution in [2.24, 2.45) is 17.3 Å². The lowest BCUT2D eigenvalue weighted by Crippen LogP contribution is -2.49. The molecular formula is C23H34N2O. The van der Waals surface area contributed by atoms with E-state index in [1.54, 1.807) is 11.1 Å². The number of hydrogen-bond acceptors (Lipinski definition) is 3. The molecule has 3 fully saturated rings. The number of piperazine rings is 1. The van der Waals surface area contributed by atoms with Gasteiger partial charge in [0, 0.05) is 31.9 Å². The lowest BCUT2D eigenvalue weighted by Gasteiger charge is -2.52. The second kappa shape index (κ2) is 5.97. The van der Waals surface area contributed by atoms with Crippen LogP contribution >= 0.6 is 0 Å². The number of rotatable bonds is 1. The molecule has 2 saturated carbocycles. The van der Waals surface area contributed by atoms with Crippen LogP contribution < -0.4 is 10.2 Å². The molecular weight excluding hydrogens is 320 g/mol. The molecule has 0 radical (unpaired) electrons. The summed E-state index contributed by atoms with van der Waals surface area (Å²) in [5.74, 6) is 2.19. The van der Waals surface area contributed by atoms with Crippen LogP contribution in [0, 0.1) is 17.3 Å². The van der Waals surface area contributed by atoms with Crippen molar-refractivity contribution in [3.63, 3.8) is 0 Å². The largest absolute Gasteiger partial charge is 0.390 e. The van der Waals surface area contributed by atoms with Gasteiger partial charge < -0.3 is 15.3 Å². The quantitative estimate of drug-likeness (QED) is 0.807. The molecule has 0 aromatic heterocycles. The van der Waals surface area contributed by atoms with Gasteiger partial charge in [0.15, 0.2) is 0 Å². The highest BCUT2D eigenvalue weighted by Crippen LogP contribution is 2.64. The van der Waals surface area contributed by atoms with Crippen LogP contribution in [-0.2, 0) is 6.42 Å². The van der Waals surface area contributed by atoms with Crippen molar-refractivity contribution in [2.75, 3.05) is 31.1 Å². The minimum atomic E-state index is -0.467. The zero-order chi connectivity index (χ0) is 17.9. The molecule has 3 nitrogen and oxygen atoms in total. The molecule has 1 aromatic carbocycles. The second-order valence-electron chi connectivity index (χ2n) is 9.80. The van der Waals surface area contributed by atoms with E-state index in [1.165, 1.54) is 37.8 Å². The smallest absolute Gasteiger partial charge is 0.0675 e. The maximum Gasteiger partial charge on any atom is 0.0675 e. The molecule has 1 aromatic rings. The minimum absolute atomic E-state index is 0.127. The molecule has 0 unspecified atom stereocenters. The molecule has 5 atom stereocenters. The summed E-state index contributed by atoms with van der Waals surface area (Å²) in [5, 5.41) is 14.5. The maximum atomic E-state index is 11.0. The Kier molecular flexibility index (Phi) is 3.92. The van der Waals surface area contributed by atoms with E-state index in [2.05, 4.69) is 42.3 Å². The lowest BCUT2D eigenvalue weighted by molar-refractivity contribution is -0.0901. The van der Waals surface area contributed by atoms with Gasteiger partial charge in [0.25, 0.3) is 0 Å². The van der Waals surface area contributed by atoms with Crippen LogP contribution in [0.15, 0.2) is 18.2 Å². The zero-order valence-electron chi connectivity index (χ0n) is 16.4. The monoisotopic (exact) mass is 354 g/mol. The van der Waals surface area contributed by atoms with E-state index in [0.29, 0.717) is 11.8 Å². The Labute approximate surface area is 158 Å². The van der Waals surface area contributed by atoms with Crippen LogP contribution in [0.5, 0.6) is 0 Å². The van der Waals surface area contributed by atoms with Crippen molar-refractivity contribution in [1.82, 2.24) is 5.32 Å². The van der Waals surface area contributed by atoms with Crippen LogP contribution in [0.2, 0.25) is 0 Å². The Bertz CT molecular complexity index is 693. The van der Waals surface area contributed by atoms with Gasteiger partial charge in [0.05, 0.1) is 5.60 Å². The van der Waals surface area contributed by atoms with Crippen LogP contribution in [0.1, 0.15) is 63.0 Å². The van der Waals surface area contributed by atoms with E-state index >= 15 is 0 Å².